The molecule has 1 N–H and O–H groups in total. The Morgan fingerprint density at radius 2 is 1.62 bits per heavy atom. The molecule has 0 aliphatic heterocycles. The summed E-state index contributed by atoms with van der Waals surface area (Å²) in [5, 5.41) is 3.06. The molecule has 0 aliphatic carbocycles. The standard InChI is InChI=1S/C14H23NO/c1-3-4-13-5-7-14(8-6-13)9-11-16-12-10-15-2/h5-8,15H,3-4,9-12H2,1-2H3. The van der Waals surface area contributed by atoms with Crippen LogP contribution in [-0.4, -0.2) is 26.8 Å². The summed E-state index contributed by atoms with van der Waals surface area (Å²) in [5.74, 6) is 0. The van der Waals surface area contributed by atoms with Gasteiger partial charge in [-0.2, -0.15) is 0 Å². The number of nitrogens with one attached hydrogen (secondary N) is 1. The Morgan fingerprint density at radius 3 is 2.19 bits per heavy atom. The number of likely N-dealkylation sites (N-methyl/N-ethyl adjacent to an activating group) is 1. The summed E-state index contributed by atoms with van der Waals surface area (Å²) in [5.41, 5.74) is 2.80. The van der Waals surface area contributed by atoms with Crippen molar-refractivity contribution in [3.05, 3.63) is 35.4 Å². The van der Waals surface area contributed by atoms with Crippen LogP contribution >= 0.6 is 0 Å². The smallest absolute Gasteiger partial charge is 0.0590 e. The summed E-state index contributed by atoms with van der Waals surface area (Å²) >= 11 is 0. The molecule has 2 nitrogen and oxygen atoms in total. The van der Waals surface area contributed by atoms with Crippen LogP contribution < -0.4 is 5.32 Å². The largest absolute Gasteiger partial charge is 0.380 e. The van der Waals surface area contributed by atoms with Crippen LogP contribution in [0.5, 0.6) is 0 Å². The Bertz CT molecular complexity index is 269. The zero-order valence-corrected chi connectivity index (χ0v) is 10.5. The number of rotatable bonds is 8. The Hall–Kier alpha value is -0.860. The second kappa shape index (κ2) is 8.31. The maximum Gasteiger partial charge on any atom is 0.0590 e. The van der Waals surface area contributed by atoms with Gasteiger partial charge in [0.15, 0.2) is 0 Å². The second-order valence-corrected chi connectivity index (χ2v) is 4.03. The van der Waals surface area contributed by atoms with Crippen LogP contribution in [0.3, 0.4) is 0 Å². The van der Waals surface area contributed by atoms with Crippen LogP contribution in [0.25, 0.3) is 0 Å². The molecule has 0 saturated carbocycles. The Kier molecular flexibility index (Phi) is 6.86. The van der Waals surface area contributed by atoms with Gasteiger partial charge in [-0.25, -0.2) is 0 Å². The average Bonchev–Trinajstić information content (AvgIpc) is 2.31. The molecule has 0 atom stereocenters. The zero-order valence-electron chi connectivity index (χ0n) is 10.5. The lowest BCUT2D eigenvalue weighted by Gasteiger charge is -2.05. The highest BCUT2D eigenvalue weighted by molar-refractivity contribution is 5.22. The van der Waals surface area contributed by atoms with Crippen LogP contribution in [0.4, 0.5) is 0 Å². The molecule has 1 aromatic rings. The number of aryl methyl sites for hydroxylation is 1. The topological polar surface area (TPSA) is 21.3 Å². The molecule has 2 heteroatoms. The van der Waals surface area contributed by atoms with E-state index in [2.05, 4.69) is 36.5 Å². The van der Waals surface area contributed by atoms with Crippen LogP contribution in [0.15, 0.2) is 24.3 Å². The third-order valence-corrected chi connectivity index (χ3v) is 2.59. The van der Waals surface area contributed by atoms with Crippen molar-refractivity contribution >= 4 is 0 Å². The van der Waals surface area contributed by atoms with Crippen molar-refractivity contribution in [2.75, 3.05) is 26.8 Å². The summed E-state index contributed by atoms with van der Waals surface area (Å²) < 4.78 is 5.49. The molecule has 0 aromatic heterocycles. The highest BCUT2D eigenvalue weighted by atomic mass is 16.5. The molecular formula is C14H23NO. The van der Waals surface area contributed by atoms with Crippen molar-refractivity contribution in [2.45, 2.75) is 26.2 Å². The second-order valence-electron chi connectivity index (χ2n) is 4.03. The lowest BCUT2D eigenvalue weighted by molar-refractivity contribution is 0.140. The Morgan fingerprint density at radius 1 is 1.00 bits per heavy atom. The predicted octanol–water partition coefficient (Wildman–Crippen LogP) is 2.42. The molecule has 0 heterocycles. The molecule has 1 rings (SSSR count). The maximum atomic E-state index is 5.49. The van der Waals surface area contributed by atoms with Crippen molar-refractivity contribution < 1.29 is 4.74 Å². The minimum atomic E-state index is 0.796. The summed E-state index contributed by atoms with van der Waals surface area (Å²) in [4.78, 5) is 0. The van der Waals surface area contributed by atoms with E-state index < -0.39 is 0 Å². The lowest BCUT2D eigenvalue weighted by Crippen LogP contribution is -2.15. The van der Waals surface area contributed by atoms with Crippen molar-refractivity contribution in [3.63, 3.8) is 0 Å². The summed E-state index contributed by atoms with van der Waals surface area (Å²) in [7, 11) is 1.94. The average molecular weight is 221 g/mol. The Labute approximate surface area is 99.0 Å². The van der Waals surface area contributed by atoms with E-state index >= 15 is 0 Å². The zero-order chi connectivity index (χ0) is 11.6. The number of hydrogen-bond donors (Lipinski definition) is 1. The molecule has 0 unspecified atom stereocenters. The minimum absolute atomic E-state index is 0.796. The van der Waals surface area contributed by atoms with Crippen molar-refractivity contribution in [1.82, 2.24) is 5.32 Å². The minimum Gasteiger partial charge on any atom is -0.380 e. The van der Waals surface area contributed by atoms with Crippen molar-refractivity contribution in [1.29, 1.82) is 0 Å². The number of ether oxygens (including phenoxy) is 1. The van der Waals surface area contributed by atoms with Gasteiger partial charge >= 0.3 is 0 Å². The molecule has 0 spiro atoms. The SMILES string of the molecule is CCCc1ccc(CCOCCNC)cc1. The van der Waals surface area contributed by atoms with Gasteiger partial charge in [0.2, 0.25) is 0 Å². The first kappa shape index (κ1) is 13.2. The molecule has 0 radical (unpaired) electrons. The van der Waals surface area contributed by atoms with E-state index in [1.165, 1.54) is 24.0 Å². The first-order valence-electron chi connectivity index (χ1n) is 6.17. The first-order chi connectivity index (χ1) is 7.86. The van der Waals surface area contributed by atoms with Crippen LogP contribution in [0, 0.1) is 0 Å². The van der Waals surface area contributed by atoms with Gasteiger partial charge in [0.1, 0.15) is 0 Å². The number of hydrogen-bond acceptors (Lipinski definition) is 2. The van der Waals surface area contributed by atoms with Crippen molar-refractivity contribution in [3.8, 4) is 0 Å². The molecule has 0 aliphatic rings. The molecule has 0 amide bonds. The van der Waals surface area contributed by atoms with Gasteiger partial charge in [-0.1, -0.05) is 37.6 Å². The van der Waals surface area contributed by atoms with Gasteiger partial charge in [0.25, 0.3) is 0 Å². The summed E-state index contributed by atoms with van der Waals surface area (Å²) in [6.45, 7) is 4.75. The van der Waals surface area contributed by atoms with Crippen LogP contribution in [0.1, 0.15) is 24.5 Å². The van der Waals surface area contributed by atoms with Gasteiger partial charge in [-0.05, 0) is 31.0 Å². The molecule has 90 valence electrons. The molecule has 16 heavy (non-hydrogen) atoms. The van der Waals surface area contributed by atoms with Gasteiger partial charge in [-0.15, -0.1) is 0 Å². The van der Waals surface area contributed by atoms with Crippen LogP contribution in [0.2, 0.25) is 0 Å². The van der Waals surface area contributed by atoms with E-state index in [1.807, 2.05) is 7.05 Å². The third-order valence-electron chi connectivity index (χ3n) is 2.59. The van der Waals surface area contributed by atoms with Gasteiger partial charge in [0.05, 0.1) is 13.2 Å². The fourth-order valence-electron chi connectivity index (χ4n) is 1.63. The van der Waals surface area contributed by atoms with Crippen LogP contribution in [-0.2, 0) is 17.6 Å². The normalized spacial score (nSPS) is 10.6. The highest BCUT2D eigenvalue weighted by Gasteiger charge is 1.95. The quantitative estimate of drug-likeness (QED) is 0.681. The predicted molar refractivity (Wildman–Crippen MR) is 68.9 cm³/mol. The molecule has 0 saturated heterocycles. The monoisotopic (exact) mass is 221 g/mol. The molecule has 0 fully saturated rings. The van der Waals surface area contributed by atoms with E-state index in [4.69, 9.17) is 4.74 Å². The van der Waals surface area contributed by atoms with Gasteiger partial charge < -0.3 is 10.1 Å². The van der Waals surface area contributed by atoms with E-state index in [9.17, 15) is 0 Å². The summed E-state index contributed by atoms with van der Waals surface area (Å²) in [6.07, 6.45) is 3.40. The molecule has 0 bridgehead atoms. The van der Waals surface area contributed by atoms with Gasteiger partial charge in [0, 0.05) is 6.54 Å². The summed E-state index contributed by atoms with van der Waals surface area (Å²) in [6, 6.07) is 8.89. The van der Waals surface area contributed by atoms with E-state index in [-0.39, 0.29) is 0 Å². The third kappa shape index (κ3) is 5.29. The van der Waals surface area contributed by atoms with E-state index in [0.29, 0.717) is 0 Å². The lowest BCUT2D eigenvalue weighted by atomic mass is 10.1. The Balaban J connectivity index is 2.21. The molecular weight excluding hydrogens is 198 g/mol. The maximum absolute atomic E-state index is 5.49. The fraction of sp³-hybridized carbons (Fsp3) is 0.571. The van der Waals surface area contributed by atoms with Crippen molar-refractivity contribution in [2.24, 2.45) is 0 Å². The fourth-order valence-corrected chi connectivity index (χ4v) is 1.63. The number of benzene rings is 1. The van der Waals surface area contributed by atoms with E-state index in [1.54, 1.807) is 0 Å². The van der Waals surface area contributed by atoms with E-state index in [0.717, 1.165) is 26.2 Å². The van der Waals surface area contributed by atoms with Gasteiger partial charge in [-0.3, -0.25) is 0 Å². The first-order valence-corrected chi connectivity index (χ1v) is 6.17. The molecule has 1 aromatic carbocycles. The highest BCUT2D eigenvalue weighted by Crippen LogP contribution is 2.07.